The van der Waals surface area contributed by atoms with E-state index in [1.807, 2.05) is 0 Å². The summed E-state index contributed by atoms with van der Waals surface area (Å²) in [4.78, 5) is 21.1. The molecule has 0 aliphatic carbocycles. The first-order valence-electron chi connectivity index (χ1n) is 5.38. The normalized spacial score (nSPS) is 10.2. The van der Waals surface area contributed by atoms with Crippen molar-refractivity contribution in [3.05, 3.63) is 59.9 Å². The molecule has 1 aromatic heterocycles. The highest BCUT2D eigenvalue weighted by Gasteiger charge is 2.12. The van der Waals surface area contributed by atoms with Crippen LogP contribution >= 0.6 is 27.3 Å². The van der Waals surface area contributed by atoms with Crippen LogP contribution in [0.3, 0.4) is 0 Å². The Kier molecular flexibility index (Phi) is 4.30. The Bertz CT molecular complexity index is 673. The molecule has 1 N–H and O–H groups in total. The molecular weight excluding hydrogens is 350 g/mol. The minimum atomic E-state index is -0.476. The molecule has 0 aliphatic heterocycles. The molecule has 2 rings (SSSR count). The largest absolute Gasteiger partial charge is 0.380 e. The van der Waals surface area contributed by atoms with E-state index in [9.17, 15) is 20.2 Å². The average molecular weight is 358 g/mol. The fourth-order valence-electron chi connectivity index (χ4n) is 1.51. The summed E-state index contributed by atoms with van der Waals surface area (Å²) in [5.74, 6) is 0. The molecule has 0 radical (unpaired) electrons. The number of nitro groups is 2. The number of rotatable bonds is 5. The zero-order valence-corrected chi connectivity index (χ0v) is 12.3. The molecule has 9 heteroatoms. The number of hydrogen-bond donors (Lipinski definition) is 1. The van der Waals surface area contributed by atoms with Crippen molar-refractivity contribution in [2.24, 2.45) is 0 Å². The van der Waals surface area contributed by atoms with Gasteiger partial charge in [-0.3, -0.25) is 20.2 Å². The quantitative estimate of drug-likeness (QED) is 0.645. The van der Waals surface area contributed by atoms with Crippen LogP contribution in [-0.4, -0.2) is 9.85 Å². The Hall–Kier alpha value is -2.00. The number of anilines is 1. The maximum absolute atomic E-state index is 10.7. The first-order chi connectivity index (χ1) is 9.47. The molecule has 0 saturated carbocycles. The summed E-state index contributed by atoms with van der Waals surface area (Å²) >= 11 is 4.22. The first kappa shape index (κ1) is 14.4. The molecule has 2 aromatic rings. The van der Waals surface area contributed by atoms with E-state index in [4.69, 9.17) is 0 Å². The fraction of sp³-hybridized carbons (Fsp3) is 0.0909. The van der Waals surface area contributed by atoms with Gasteiger partial charge in [-0.05, 0) is 34.1 Å². The molecule has 0 unspecified atom stereocenters. The number of halogens is 1. The number of nitrogens with one attached hydrogen (secondary N) is 1. The number of hydrogen-bond acceptors (Lipinski definition) is 6. The predicted octanol–water partition coefficient (Wildman–Crippen LogP) is 3.94. The van der Waals surface area contributed by atoms with Crippen molar-refractivity contribution in [3.8, 4) is 0 Å². The molecule has 0 amide bonds. The summed E-state index contributed by atoms with van der Waals surface area (Å²) in [6.07, 6.45) is 0. The number of benzene rings is 1. The summed E-state index contributed by atoms with van der Waals surface area (Å²) in [6.45, 7) is 0.419. The van der Waals surface area contributed by atoms with E-state index in [0.29, 0.717) is 16.7 Å². The Morgan fingerprint density at radius 2 is 1.90 bits per heavy atom. The van der Waals surface area contributed by atoms with Gasteiger partial charge in [0, 0.05) is 29.2 Å². The lowest BCUT2D eigenvalue weighted by molar-refractivity contribution is -0.385. The van der Waals surface area contributed by atoms with Crippen molar-refractivity contribution in [1.29, 1.82) is 0 Å². The maximum Gasteiger partial charge on any atom is 0.324 e. The maximum atomic E-state index is 10.7. The van der Waals surface area contributed by atoms with E-state index in [-0.39, 0.29) is 10.7 Å². The van der Waals surface area contributed by atoms with E-state index >= 15 is 0 Å². The average Bonchev–Trinajstić information content (AvgIpc) is 2.85. The molecule has 104 valence electrons. The van der Waals surface area contributed by atoms with Crippen LogP contribution in [-0.2, 0) is 6.54 Å². The number of thiophene rings is 1. The van der Waals surface area contributed by atoms with Gasteiger partial charge in [-0.25, -0.2) is 0 Å². The highest BCUT2D eigenvalue weighted by atomic mass is 79.9. The van der Waals surface area contributed by atoms with Crippen LogP contribution in [0.1, 0.15) is 4.88 Å². The SMILES string of the molecule is O=[N+]([O-])c1ccc(CNc2ccc([N+](=O)[O-])c(Br)c2)s1. The molecule has 0 atom stereocenters. The summed E-state index contributed by atoms with van der Waals surface area (Å²) in [6, 6.07) is 7.71. The zero-order chi connectivity index (χ0) is 14.7. The van der Waals surface area contributed by atoms with Crippen LogP contribution in [0, 0.1) is 20.2 Å². The van der Waals surface area contributed by atoms with Gasteiger partial charge in [0.1, 0.15) is 0 Å². The fourth-order valence-corrected chi connectivity index (χ4v) is 2.80. The van der Waals surface area contributed by atoms with Gasteiger partial charge in [-0.15, -0.1) is 0 Å². The number of nitrogens with zero attached hydrogens (tertiary/aromatic N) is 2. The van der Waals surface area contributed by atoms with Crippen LogP contribution in [0.2, 0.25) is 0 Å². The summed E-state index contributed by atoms with van der Waals surface area (Å²) < 4.78 is 0.379. The van der Waals surface area contributed by atoms with E-state index in [1.54, 1.807) is 18.2 Å². The standard InChI is InChI=1S/C11H8BrN3O4S/c12-9-5-7(1-3-10(9)14(16)17)13-6-8-2-4-11(20-8)15(18)19/h1-5,13H,6H2. The second kappa shape index (κ2) is 5.97. The molecule has 0 aliphatic rings. The van der Waals surface area contributed by atoms with Crippen molar-refractivity contribution < 1.29 is 9.85 Å². The zero-order valence-electron chi connectivity index (χ0n) is 9.91. The van der Waals surface area contributed by atoms with Gasteiger partial charge in [0.15, 0.2) is 0 Å². The molecule has 0 bridgehead atoms. The smallest absolute Gasteiger partial charge is 0.324 e. The first-order valence-corrected chi connectivity index (χ1v) is 6.99. The summed E-state index contributed by atoms with van der Waals surface area (Å²) in [7, 11) is 0. The van der Waals surface area contributed by atoms with E-state index in [2.05, 4.69) is 21.2 Å². The topological polar surface area (TPSA) is 98.3 Å². The van der Waals surface area contributed by atoms with Gasteiger partial charge in [0.25, 0.3) is 5.69 Å². The van der Waals surface area contributed by atoms with Crippen molar-refractivity contribution in [2.45, 2.75) is 6.54 Å². The summed E-state index contributed by atoms with van der Waals surface area (Å²) in [5, 5.41) is 24.4. The van der Waals surface area contributed by atoms with Gasteiger partial charge in [-0.2, -0.15) is 0 Å². The van der Waals surface area contributed by atoms with E-state index < -0.39 is 9.85 Å². The van der Waals surface area contributed by atoms with Gasteiger partial charge in [0.2, 0.25) is 0 Å². The minimum absolute atomic E-state index is 0.0117. The monoisotopic (exact) mass is 357 g/mol. The van der Waals surface area contributed by atoms with Crippen molar-refractivity contribution >= 4 is 43.6 Å². The van der Waals surface area contributed by atoms with Gasteiger partial charge in [0.05, 0.1) is 14.3 Å². The minimum Gasteiger partial charge on any atom is -0.380 e. The number of nitro benzene ring substituents is 1. The Labute approximate surface area is 125 Å². The van der Waals surface area contributed by atoms with Crippen LogP contribution in [0.5, 0.6) is 0 Å². The summed E-state index contributed by atoms with van der Waals surface area (Å²) in [5.41, 5.74) is 0.681. The van der Waals surface area contributed by atoms with E-state index in [1.165, 1.54) is 12.1 Å². The van der Waals surface area contributed by atoms with E-state index in [0.717, 1.165) is 16.2 Å². The van der Waals surface area contributed by atoms with Crippen LogP contribution in [0.25, 0.3) is 0 Å². The van der Waals surface area contributed by atoms with Crippen LogP contribution < -0.4 is 5.32 Å². The molecule has 0 saturated heterocycles. The van der Waals surface area contributed by atoms with Gasteiger partial charge in [-0.1, -0.05) is 11.3 Å². The molecule has 7 nitrogen and oxygen atoms in total. The Morgan fingerprint density at radius 3 is 2.45 bits per heavy atom. The van der Waals surface area contributed by atoms with Crippen molar-refractivity contribution in [2.75, 3.05) is 5.32 Å². The second-order valence-electron chi connectivity index (χ2n) is 3.77. The Morgan fingerprint density at radius 1 is 1.15 bits per heavy atom. The van der Waals surface area contributed by atoms with Crippen molar-refractivity contribution in [3.63, 3.8) is 0 Å². The highest BCUT2D eigenvalue weighted by molar-refractivity contribution is 9.10. The third-order valence-corrected chi connectivity index (χ3v) is 4.11. The third kappa shape index (κ3) is 3.31. The van der Waals surface area contributed by atoms with Crippen molar-refractivity contribution in [1.82, 2.24) is 0 Å². The lowest BCUT2D eigenvalue weighted by Gasteiger charge is -2.05. The highest BCUT2D eigenvalue weighted by Crippen LogP contribution is 2.29. The lowest BCUT2D eigenvalue weighted by atomic mass is 10.3. The predicted molar refractivity (Wildman–Crippen MR) is 79.1 cm³/mol. The molecule has 1 aromatic carbocycles. The third-order valence-electron chi connectivity index (χ3n) is 2.44. The van der Waals surface area contributed by atoms with Crippen LogP contribution in [0.15, 0.2) is 34.8 Å². The van der Waals surface area contributed by atoms with Gasteiger partial charge < -0.3 is 5.32 Å². The van der Waals surface area contributed by atoms with Gasteiger partial charge >= 0.3 is 5.00 Å². The Balaban J connectivity index is 2.05. The molecule has 0 spiro atoms. The molecular formula is C11H8BrN3O4S. The molecule has 1 heterocycles. The molecule has 0 fully saturated rings. The molecule has 20 heavy (non-hydrogen) atoms. The second-order valence-corrected chi connectivity index (χ2v) is 5.78. The van der Waals surface area contributed by atoms with Crippen LogP contribution in [0.4, 0.5) is 16.4 Å². The lowest BCUT2D eigenvalue weighted by Crippen LogP contribution is -1.98.